The largest absolute Gasteiger partial charge is 0.416 e. The van der Waals surface area contributed by atoms with Crippen molar-refractivity contribution < 1.29 is 31.1 Å². The Balaban J connectivity index is 2.36. The average Bonchev–Trinajstić information content (AvgIpc) is 2.43. The van der Waals surface area contributed by atoms with Crippen LogP contribution in [0.15, 0.2) is 34.3 Å². The molecule has 1 aromatic rings. The number of halogens is 6. The molecule has 0 amide bonds. The summed E-state index contributed by atoms with van der Waals surface area (Å²) < 4.78 is 79.9. The van der Waals surface area contributed by atoms with E-state index in [0.29, 0.717) is 6.07 Å². The van der Waals surface area contributed by atoms with E-state index in [9.17, 15) is 26.3 Å². The summed E-state index contributed by atoms with van der Waals surface area (Å²) in [5.74, 6) is -0.906. The number of guanidine groups is 2. The first-order chi connectivity index (χ1) is 11.0. The first kappa shape index (κ1) is 17.8. The van der Waals surface area contributed by atoms with Crippen molar-refractivity contribution in [3.8, 4) is 0 Å². The SMILES string of the molecule is NC1=NC(OCC(F)(F)F)N(c2cccc(C(F)(F)F)c2)C(N)=N1. The Morgan fingerprint density at radius 1 is 1.12 bits per heavy atom. The van der Waals surface area contributed by atoms with E-state index in [4.69, 9.17) is 11.5 Å². The van der Waals surface area contributed by atoms with Gasteiger partial charge in [0, 0.05) is 5.69 Å². The summed E-state index contributed by atoms with van der Waals surface area (Å²) >= 11 is 0. The second kappa shape index (κ2) is 6.19. The molecule has 1 aromatic carbocycles. The molecule has 0 radical (unpaired) electrons. The molecule has 0 bridgehead atoms. The fourth-order valence-corrected chi connectivity index (χ4v) is 1.86. The smallest absolute Gasteiger partial charge is 0.369 e. The van der Waals surface area contributed by atoms with E-state index in [1.165, 1.54) is 6.07 Å². The third-order valence-electron chi connectivity index (χ3n) is 2.79. The van der Waals surface area contributed by atoms with Crippen LogP contribution in [0.2, 0.25) is 0 Å². The summed E-state index contributed by atoms with van der Waals surface area (Å²) in [5, 5.41) is 0. The van der Waals surface area contributed by atoms with Crippen molar-refractivity contribution >= 4 is 17.6 Å². The highest BCUT2D eigenvalue weighted by atomic mass is 19.4. The zero-order valence-corrected chi connectivity index (χ0v) is 11.8. The van der Waals surface area contributed by atoms with Crippen molar-refractivity contribution in [1.29, 1.82) is 0 Å². The van der Waals surface area contributed by atoms with Gasteiger partial charge in [-0.1, -0.05) is 6.07 Å². The van der Waals surface area contributed by atoms with Gasteiger partial charge in [0.1, 0.15) is 6.61 Å². The molecule has 0 spiro atoms. The third-order valence-corrected chi connectivity index (χ3v) is 2.79. The van der Waals surface area contributed by atoms with E-state index >= 15 is 0 Å². The van der Waals surface area contributed by atoms with Crippen LogP contribution in [0.1, 0.15) is 5.56 Å². The van der Waals surface area contributed by atoms with Gasteiger partial charge < -0.3 is 16.2 Å². The normalized spacial score (nSPS) is 19.1. The van der Waals surface area contributed by atoms with Gasteiger partial charge in [0.15, 0.2) is 0 Å². The number of anilines is 1. The van der Waals surface area contributed by atoms with Crippen LogP contribution < -0.4 is 16.4 Å². The Hall–Kier alpha value is -2.50. The maximum Gasteiger partial charge on any atom is 0.416 e. The van der Waals surface area contributed by atoms with Crippen LogP contribution >= 0.6 is 0 Å². The number of hydrogen-bond acceptors (Lipinski definition) is 6. The van der Waals surface area contributed by atoms with Gasteiger partial charge >= 0.3 is 12.4 Å². The van der Waals surface area contributed by atoms with E-state index in [1.54, 1.807) is 0 Å². The van der Waals surface area contributed by atoms with E-state index in [-0.39, 0.29) is 5.69 Å². The van der Waals surface area contributed by atoms with Gasteiger partial charge in [0.05, 0.1) is 5.56 Å². The lowest BCUT2D eigenvalue weighted by Gasteiger charge is -2.32. The quantitative estimate of drug-likeness (QED) is 0.812. The molecule has 0 fully saturated rings. The van der Waals surface area contributed by atoms with Crippen molar-refractivity contribution in [2.75, 3.05) is 11.5 Å². The second-order valence-electron chi connectivity index (χ2n) is 4.63. The van der Waals surface area contributed by atoms with Gasteiger partial charge in [-0.3, -0.25) is 4.90 Å². The number of alkyl halides is 6. The van der Waals surface area contributed by atoms with Crippen LogP contribution in [0.4, 0.5) is 32.0 Å². The van der Waals surface area contributed by atoms with E-state index in [0.717, 1.165) is 17.0 Å². The number of aliphatic imine (C=N–C) groups is 2. The van der Waals surface area contributed by atoms with Crippen molar-refractivity contribution in [3.05, 3.63) is 29.8 Å². The van der Waals surface area contributed by atoms with Crippen LogP contribution in [0, 0.1) is 0 Å². The zero-order valence-electron chi connectivity index (χ0n) is 11.8. The van der Waals surface area contributed by atoms with Crippen LogP contribution in [-0.4, -0.2) is 31.1 Å². The minimum absolute atomic E-state index is 0.200. The van der Waals surface area contributed by atoms with E-state index in [1.807, 2.05) is 0 Å². The summed E-state index contributed by atoms with van der Waals surface area (Å²) in [6.45, 7) is -1.70. The van der Waals surface area contributed by atoms with Gasteiger partial charge in [-0.05, 0) is 18.2 Å². The average molecular weight is 355 g/mol. The molecule has 0 saturated heterocycles. The molecule has 6 nitrogen and oxygen atoms in total. The molecule has 0 aromatic heterocycles. The standard InChI is InChI=1S/C12H11F6N5O/c13-11(14,15)5-24-10-22-8(19)21-9(20)23(10)7-3-1-2-6(4-7)12(16,17)18/h1-4,10H,5H2,(H4,19,20,21,22). The lowest BCUT2D eigenvalue weighted by atomic mass is 10.2. The maximum absolute atomic E-state index is 12.8. The zero-order chi connectivity index (χ0) is 18.1. The summed E-state index contributed by atoms with van der Waals surface area (Å²) in [5.41, 5.74) is 9.65. The van der Waals surface area contributed by atoms with Gasteiger partial charge in [0.2, 0.25) is 18.3 Å². The van der Waals surface area contributed by atoms with Crippen LogP contribution in [0.3, 0.4) is 0 Å². The minimum Gasteiger partial charge on any atom is -0.369 e. The molecule has 1 atom stereocenters. The van der Waals surface area contributed by atoms with E-state index < -0.39 is 42.8 Å². The molecular weight excluding hydrogens is 344 g/mol. The van der Waals surface area contributed by atoms with Crippen LogP contribution in [-0.2, 0) is 10.9 Å². The van der Waals surface area contributed by atoms with Crippen molar-refractivity contribution in [3.63, 3.8) is 0 Å². The van der Waals surface area contributed by atoms with Crippen molar-refractivity contribution in [2.45, 2.75) is 18.7 Å². The molecule has 4 N–H and O–H groups in total. The van der Waals surface area contributed by atoms with Gasteiger partial charge in [-0.25, -0.2) is 0 Å². The summed E-state index contributed by atoms with van der Waals surface area (Å²) in [6.07, 6.45) is -11.0. The lowest BCUT2D eigenvalue weighted by molar-refractivity contribution is -0.183. The number of nitrogens with two attached hydrogens (primary N) is 2. The Bertz CT molecular complexity index is 669. The van der Waals surface area contributed by atoms with Crippen LogP contribution in [0.5, 0.6) is 0 Å². The fourth-order valence-electron chi connectivity index (χ4n) is 1.86. The molecule has 0 saturated carbocycles. The predicted octanol–water partition coefficient (Wildman–Crippen LogP) is 2.02. The highest BCUT2D eigenvalue weighted by Crippen LogP contribution is 2.32. The minimum atomic E-state index is -4.67. The Morgan fingerprint density at radius 3 is 2.38 bits per heavy atom. The highest BCUT2D eigenvalue weighted by Gasteiger charge is 2.35. The highest BCUT2D eigenvalue weighted by molar-refractivity contribution is 6.04. The van der Waals surface area contributed by atoms with E-state index in [2.05, 4.69) is 14.7 Å². The van der Waals surface area contributed by atoms with Crippen molar-refractivity contribution in [2.24, 2.45) is 21.5 Å². The third kappa shape index (κ3) is 4.28. The first-order valence-electron chi connectivity index (χ1n) is 6.29. The Morgan fingerprint density at radius 2 is 1.79 bits per heavy atom. The lowest BCUT2D eigenvalue weighted by Crippen LogP contribution is -2.50. The summed E-state index contributed by atoms with van der Waals surface area (Å²) in [7, 11) is 0. The molecule has 132 valence electrons. The second-order valence-corrected chi connectivity index (χ2v) is 4.63. The fraction of sp³-hybridized carbons (Fsp3) is 0.333. The van der Waals surface area contributed by atoms with Gasteiger partial charge in [-0.15, -0.1) is 0 Å². The molecule has 1 unspecified atom stereocenters. The molecule has 1 heterocycles. The molecule has 1 aliphatic heterocycles. The van der Waals surface area contributed by atoms with Crippen molar-refractivity contribution in [1.82, 2.24) is 0 Å². The number of ether oxygens (including phenoxy) is 1. The Kier molecular flexibility index (Phi) is 4.60. The molecule has 0 aliphatic carbocycles. The molecule has 24 heavy (non-hydrogen) atoms. The molecular formula is C12H11F6N5O. The van der Waals surface area contributed by atoms with Crippen LogP contribution in [0.25, 0.3) is 0 Å². The molecule has 12 heteroatoms. The predicted molar refractivity (Wildman–Crippen MR) is 73.0 cm³/mol. The summed E-state index contributed by atoms with van der Waals surface area (Å²) in [6, 6.07) is 3.74. The summed E-state index contributed by atoms with van der Waals surface area (Å²) in [4.78, 5) is 7.84. The first-order valence-corrected chi connectivity index (χ1v) is 6.29. The maximum atomic E-state index is 12.8. The number of nitrogens with zero attached hydrogens (tertiary/aromatic N) is 3. The number of hydrogen-bond donors (Lipinski definition) is 2. The van der Waals surface area contributed by atoms with Gasteiger partial charge in [-0.2, -0.15) is 36.3 Å². The number of benzene rings is 1. The Labute approximate surface area is 131 Å². The van der Waals surface area contributed by atoms with Gasteiger partial charge in [0.25, 0.3) is 0 Å². The monoisotopic (exact) mass is 355 g/mol. The molecule has 2 rings (SSSR count). The molecule has 1 aliphatic rings. The number of rotatable bonds is 3. The topological polar surface area (TPSA) is 89.2 Å².